The number of hydrogen-bond donors (Lipinski definition) is 1. The van der Waals surface area contributed by atoms with Crippen molar-refractivity contribution in [1.29, 1.82) is 0 Å². The van der Waals surface area contributed by atoms with Crippen molar-refractivity contribution < 1.29 is 13.9 Å². The molecule has 1 aromatic carbocycles. The van der Waals surface area contributed by atoms with Gasteiger partial charge in [-0.3, -0.25) is 0 Å². The Hall–Kier alpha value is -0.650. The number of halogens is 2. The SMILES string of the molecule is COCCOCCCNc1c(F)cccc1Br. The number of anilines is 1. The normalized spacial score (nSPS) is 10.5. The number of para-hydroxylation sites is 1. The molecule has 1 N–H and O–H groups in total. The van der Waals surface area contributed by atoms with Gasteiger partial charge in [0.1, 0.15) is 5.82 Å². The highest BCUT2D eigenvalue weighted by atomic mass is 79.9. The van der Waals surface area contributed by atoms with E-state index in [2.05, 4.69) is 21.2 Å². The largest absolute Gasteiger partial charge is 0.382 e. The molecule has 0 aliphatic heterocycles. The van der Waals surface area contributed by atoms with Crippen LogP contribution < -0.4 is 5.32 Å². The first-order chi connectivity index (χ1) is 8.25. The topological polar surface area (TPSA) is 30.5 Å². The van der Waals surface area contributed by atoms with E-state index >= 15 is 0 Å². The Balaban J connectivity index is 2.18. The van der Waals surface area contributed by atoms with E-state index in [0.29, 0.717) is 32.1 Å². The summed E-state index contributed by atoms with van der Waals surface area (Å²) in [7, 11) is 1.64. The fourth-order valence-corrected chi connectivity index (χ4v) is 1.78. The molecule has 0 fully saturated rings. The maximum Gasteiger partial charge on any atom is 0.147 e. The van der Waals surface area contributed by atoms with Crippen molar-refractivity contribution in [3.8, 4) is 0 Å². The predicted molar refractivity (Wildman–Crippen MR) is 69.9 cm³/mol. The lowest BCUT2D eigenvalue weighted by Gasteiger charge is -2.09. The average Bonchev–Trinajstić information content (AvgIpc) is 2.31. The van der Waals surface area contributed by atoms with Crippen LogP contribution in [0.5, 0.6) is 0 Å². The Labute approximate surface area is 109 Å². The molecule has 0 saturated carbocycles. The number of hydrogen-bond acceptors (Lipinski definition) is 3. The molecule has 96 valence electrons. The van der Waals surface area contributed by atoms with Gasteiger partial charge >= 0.3 is 0 Å². The zero-order valence-corrected chi connectivity index (χ0v) is 11.4. The molecule has 0 amide bonds. The molecule has 0 bridgehead atoms. The molecular formula is C12H17BrFNO2. The summed E-state index contributed by atoms with van der Waals surface area (Å²) >= 11 is 3.30. The van der Waals surface area contributed by atoms with E-state index in [9.17, 15) is 4.39 Å². The van der Waals surface area contributed by atoms with Gasteiger partial charge in [-0.1, -0.05) is 6.07 Å². The minimum Gasteiger partial charge on any atom is -0.382 e. The zero-order valence-electron chi connectivity index (χ0n) is 9.84. The molecule has 0 aromatic heterocycles. The van der Waals surface area contributed by atoms with Crippen LogP contribution in [0.2, 0.25) is 0 Å². The van der Waals surface area contributed by atoms with Crippen molar-refractivity contribution in [2.45, 2.75) is 6.42 Å². The van der Waals surface area contributed by atoms with Crippen LogP contribution in [-0.2, 0) is 9.47 Å². The molecule has 1 rings (SSSR count). The molecule has 0 spiro atoms. The standard InChI is InChI=1S/C12H17BrFNO2/c1-16-8-9-17-7-3-6-15-12-10(13)4-2-5-11(12)14/h2,4-5,15H,3,6-9H2,1H3. The van der Waals surface area contributed by atoms with Crippen molar-refractivity contribution >= 4 is 21.6 Å². The second kappa shape index (κ2) is 8.44. The molecule has 0 atom stereocenters. The molecule has 0 heterocycles. The highest BCUT2D eigenvalue weighted by Gasteiger charge is 2.04. The third kappa shape index (κ3) is 5.48. The van der Waals surface area contributed by atoms with Gasteiger partial charge in [-0.2, -0.15) is 0 Å². The summed E-state index contributed by atoms with van der Waals surface area (Å²) in [6.07, 6.45) is 0.824. The molecule has 5 heteroatoms. The summed E-state index contributed by atoms with van der Waals surface area (Å²) in [6.45, 7) is 2.52. The first-order valence-corrected chi connectivity index (χ1v) is 6.29. The van der Waals surface area contributed by atoms with E-state index in [1.54, 1.807) is 19.2 Å². The molecule has 0 saturated heterocycles. The van der Waals surface area contributed by atoms with Crippen LogP contribution in [0.15, 0.2) is 22.7 Å². The van der Waals surface area contributed by atoms with Gasteiger partial charge in [0.2, 0.25) is 0 Å². The number of rotatable bonds is 8. The summed E-state index contributed by atoms with van der Waals surface area (Å²) < 4.78 is 24.3. The highest BCUT2D eigenvalue weighted by Crippen LogP contribution is 2.24. The lowest BCUT2D eigenvalue weighted by molar-refractivity contribution is 0.0705. The quantitative estimate of drug-likeness (QED) is 0.749. The minimum absolute atomic E-state index is 0.250. The van der Waals surface area contributed by atoms with E-state index in [-0.39, 0.29) is 5.82 Å². The van der Waals surface area contributed by atoms with Crippen molar-refractivity contribution in [1.82, 2.24) is 0 Å². The van der Waals surface area contributed by atoms with Gasteiger partial charge in [-0.25, -0.2) is 4.39 Å². The van der Waals surface area contributed by atoms with Gasteiger partial charge in [-0.15, -0.1) is 0 Å². The number of benzene rings is 1. The van der Waals surface area contributed by atoms with Gasteiger partial charge in [0.15, 0.2) is 0 Å². The molecule has 0 aliphatic rings. The summed E-state index contributed by atoms with van der Waals surface area (Å²) in [6, 6.07) is 4.90. The lowest BCUT2D eigenvalue weighted by Crippen LogP contribution is -2.09. The maximum absolute atomic E-state index is 13.4. The summed E-state index contributed by atoms with van der Waals surface area (Å²) in [4.78, 5) is 0. The average molecular weight is 306 g/mol. The first-order valence-electron chi connectivity index (χ1n) is 5.50. The Morgan fingerprint density at radius 1 is 1.29 bits per heavy atom. The first kappa shape index (κ1) is 14.4. The van der Waals surface area contributed by atoms with Gasteiger partial charge in [0, 0.05) is 24.7 Å². The third-order valence-corrected chi connectivity index (χ3v) is 2.82. The molecule has 3 nitrogen and oxygen atoms in total. The van der Waals surface area contributed by atoms with Crippen LogP contribution in [0.1, 0.15) is 6.42 Å². The molecular weight excluding hydrogens is 289 g/mol. The molecule has 1 aromatic rings. The minimum atomic E-state index is -0.250. The molecule has 17 heavy (non-hydrogen) atoms. The summed E-state index contributed by atoms with van der Waals surface area (Å²) in [5, 5.41) is 3.04. The monoisotopic (exact) mass is 305 g/mol. The Morgan fingerprint density at radius 3 is 2.82 bits per heavy atom. The van der Waals surface area contributed by atoms with E-state index in [4.69, 9.17) is 9.47 Å². The van der Waals surface area contributed by atoms with E-state index in [1.807, 2.05) is 0 Å². The lowest BCUT2D eigenvalue weighted by atomic mass is 10.3. The number of methoxy groups -OCH3 is 1. The van der Waals surface area contributed by atoms with Crippen LogP contribution in [0.3, 0.4) is 0 Å². The zero-order chi connectivity index (χ0) is 12.5. The van der Waals surface area contributed by atoms with Crippen molar-refractivity contribution in [3.05, 3.63) is 28.5 Å². The Bertz CT molecular complexity index is 316. The highest BCUT2D eigenvalue weighted by molar-refractivity contribution is 9.10. The third-order valence-electron chi connectivity index (χ3n) is 2.16. The number of nitrogens with one attached hydrogen (secondary N) is 1. The Kier molecular flexibility index (Phi) is 7.16. The van der Waals surface area contributed by atoms with Crippen LogP contribution in [0.25, 0.3) is 0 Å². The fraction of sp³-hybridized carbons (Fsp3) is 0.500. The smallest absolute Gasteiger partial charge is 0.147 e. The van der Waals surface area contributed by atoms with Crippen molar-refractivity contribution in [2.75, 3.05) is 38.8 Å². The van der Waals surface area contributed by atoms with Gasteiger partial charge in [-0.05, 0) is 34.5 Å². The van der Waals surface area contributed by atoms with Crippen molar-refractivity contribution in [2.24, 2.45) is 0 Å². The fourth-order valence-electron chi connectivity index (χ4n) is 1.30. The summed E-state index contributed by atoms with van der Waals surface area (Å²) in [5.41, 5.74) is 0.504. The van der Waals surface area contributed by atoms with E-state index in [1.165, 1.54) is 6.07 Å². The van der Waals surface area contributed by atoms with Gasteiger partial charge in [0.05, 0.1) is 18.9 Å². The van der Waals surface area contributed by atoms with E-state index in [0.717, 1.165) is 10.9 Å². The van der Waals surface area contributed by atoms with Crippen LogP contribution in [-0.4, -0.2) is 33.5 Å². The van der Waals surface area contributed by atoms with Crippen LogP contribution in [0.4, 0.5) is 10.1 Å². The van der Waals surface area contributed by atoms with Crippen LogP contribution >= 0.6 is 15.9 Å². The predicted octanol–water partition coefficient (Wildman–Crippen LogP) is 3.05. The second-order valence-electron chi connectivity index (χ2n) is 3.48. The molecule has 0 radical (unpaired) electrons. The van der Waals surface area contributed by atoms with E-state index < -0.39 is 0 Å². The summed E-state index contributed by atoms with van der Waals surface area (Å²) in [5.74, 6) is -0.250. The van der Waals surface area contributed by atoms with Gasteiger partial charge in [0.25, 0.3) is 0 Å². The Morgan fingerprint density at radius 2 is 2.12 bits per heavy atom. The second-order valence-corrected chi connectivity index (χ2v) is 4.34. The van der Waals surface area contributed by atoms with Crippen LogP contribution in [0, 0.1) is 5.82 Å². The van der Waals surface area contributed by atoms with Gasteiger partial charge < -0.3 is 14.8 Å². The molecule has 0 unspecified atom stereocenters. The van der Waals surface area contributed by atoms with Crippen molar-refractivity contribution in [3.63, 3.8) is 0 Å². The maximum atomic E-state index is 13.4. The molecule has 0 aliphatic carbocycles. The number of ether oxygens (including phenoxy) is 2.